The number of oxazole rings is 1. The predicted molar refractivity (Wildman–Crippen MR) is 117 cm³/mol. The van der Waals surface area contributed by atoms with Gasteiger partial charge in [0.2, 0.25) is 5.89 Å². The van der Waals surface area contributed by atoms with Gasteiger partial charge in [0.15, 0.2) is 11.2 Å². The molecule has 4 aromatic rings. The highest BCUT2D eigenvalue weighted by Gasteiger charge is 2.14. The molecule has 0 bridgehead atoms. The molecule has 0 fully saturated rings. The van der Waals surface area contributed by atoms with Gasteiger partial charge < -0.3 is 14.5 Å². The Morgan fingerprint density at radius 2 is 2.07 bits per heavy atom. The van der Waals surface area contributed by atoms with E-state index in [0.717, 1.165) is 12.8 Å². The van der Waals surface area contributed by atoms with Crippen LogP contribution in [-0.2, 0) is 0 Å². The van der Waals surface area contributed by atoms with Crippen molar-refractivity contribution in [2.24, 2.45) is 0 Å². The van der Waals surface area contributed by atoms with E-state index in [1.54, 1.807) is 54.7 Å². The van der Waals surface area contributed by atoms with E-state index >= 15 is 0 Å². The van der Waals surface area contributed by atoms with Crippen molar-refractivity contribution < 1.29 is 13.9 Å². The average molecular weight is 422 g/mol. The fourth-order valence-corrected chi connectivity index (χ4v) is 3.07. The second kappa shape index (κ2) is 8.97. The van der Waals surface area contributed by atoms with Gasteiger partial charge >= 0.3 is 0 Å². The number of nitrogens with one attached hydrogen (secondary N) is 1. The Morgan fingerprint density at radius 1 is 1.17 bits per heavy atom. The monoisotopic (exact) mass is 421 g/mol. The molecule has 0 saturated carbocycles. The molecular formula is C23H20ClN3O3. The van der Waals surface area contributed by atoms with Crippen molar-refractivity contribution in [3.05, 3.63) is 71.4 Å². The number of unbranched alkanes of at least 4 members (excludes halogenated alkanes) is 1. The number of carbonyl (C=O) groups excluding carboxylic acids is 1. The average Bonchev–Trinajstić information content (AvgIpc) is 3.20. The summed E-state index contributed by atoms with van der Waals surface area (Å²) >= 11 is 6.31. The molecule has 6 nitrogen and oxygen atoms in total. The lowest BCUT2D eigenvalue weighted by atomic mass is 10.1. The lowest BCUT2D eigenvalue weighted by molar-refractivity contribution is 0.102. The van der Waals surface area contributed by atoms with E-state index in [1.807, 2.05) is 6.07 Å². The van der Waals surface area contributed by atoms with Gasteiger partial charge in [0.05, 0.1) is 17.3 Å². The predicted octanol–water partition coefficient (Wildman–Crippen LogP) is 5.97. The summed E-state index contributed by atoms with van der Waals surface area (Å²) in [4.78, 5) is 21.3. The van der Waals surface area contributed by atoms with Gasteiger partial charge in [0.25, 0.3) is 5.91 Å². The van der Waals surface area contributed by atoms with Gasteiger partial charge in [-0.25, -0.2) is 4.98 Å². The second-order valence-corrected chi connectivity index (χ2v) is 7.13. The van der Waals surface area contributed by atoms with Gasteiger partial charge in [-0.1, -0.05) is 31.0 Å². The molecule has 1 amide bonds. The number of pyridine rings is 1. The zero-order chi connectivity index (χ0) is 20.9. The van der Waals surface area contributed by atoms with Gasteiger partial charge in [-0.05, 0) is 55.0 Å². The number of fused-ring (bicyclic) bond motifs is 1. The number of hydrogen-bond acceptors (Lipinski definition) is 5. The molecule has 2 heterocycles. The van der Waals surface area contributed by atoms with Crippen LogP contribution in [0.4, 0.5) is 5.69 Å². The van der Waals surface area contributed by atoms with Crippen LogP contribution in [0.2, 0.25) is 5.02 Å². The first-order valence-corrected chi connectivity index (χ1v) is 10.1. The maximum atomic E-state index is 12.8. The summed E-state index contributed by atoms with van der Waals surface area (Å²) in [7, 11) is 0. The molecule has 2 aromatic carbocycles. The molecule has 7 heteroatoms. The van der Waals surface area contributed by atoms with Crippen molar-refractivity contribution in [1.82, 2.24) is 9.97 Å². The third-order valence-electron chi connectivity index (χ3n) is 4.49. The van der Waals surface area contributed by atoms with E-state index < -0.39 is 0 Å². The Morgan fingerprint density at radius 3 is 2.90 bits per heavy atom. The van der Waals surface area contributed by atoms with Crippen LogP contribution < -0.4 is 10.1 Å². The standard InChI is InChI=1S/C23H20ClN3O3/c1-2-3-12-29-17-7-4-6-15(13-17)22(28)26-19-14-16(9-10-18(19)24)23-27-21-20(30-23)8-5-11-25-21/h4-11,13-14H,2-3,12H2,1H3,(H,26,28). The van der Waals surface area contributed by atoms with E-state index in [0.29, 0.717) is 51.3 Å². The third-order valence-corrected chi connectivity index (χ3v) is 4.82. The SMILES string of the molecule is CCCCOc1cccc(C(=O)Nc2cc(-c3nc4ncccc4o3)ccc2Cl)c1. The Labute approximate surface area is 178 Å². The number of rotatable bonds is 7. The highest BCUT2D eigenvalue weighted by molar-refractivity contribution is 6.34. The summed E-state index contributed by atoms with van der Waals surface area (Å²) in [6.45, 7) is 2.72. The molecule has 152 valence electrons. The van der Waals surface area contributed by atoms with Crippen LogP contribution in [0.5, 0.6) is 5.75 Å². The number of hydrogen-bond donors (Lipinski definition) is 1. The lowest BCUT2D eigenvalue weighted by Crippen LogP contribution is -2.12. The second-order valence-electron chi connectivity index (χ2n) is 6.72. The summed E-state index contributed by atoms with van der Waals surface area (Å²) in [5, 5.41) is 3.27. The Balaban J connectivity index is 1.55. The van der Waals surface area contributed by atoms with Crippen LogP contribution in [0.3, 0.4) is 0 Å². The molecule has 1 N–H and O–H groups in total. The van der Waals surface area contributed by atoms with Crippen LogP contribution in [0.1, 0.15) is 30.1 Å². The number of anilines is 1. The first kappa shape index (κ1) is 19.9. The quantitative estimate of drug-likeness (QED) is 0.372. The molecule has 4 rings (SSSR count). The highest BCUT2D eigenvalue weighted by atomic mass is 35.5. The van der Waals surface area contributed by atoms with E-state index in [4.69, 9.17) is 20.8 Å². The molecule has 0 spiro atoms. The Hall–Kier alpha value is -3.38. The van der Waals surface area contributed by atoms with Crippen LogP contribution in [0, 0.1) is 0 Å². The van der Waals surface area contributed by atoms with Gasteiger partial charge in [0.1, 0.15) is 5.75 Å². The van der Waals surface area contributed by atoms with E-state index in [-0.39, 0.29) is 5.91 Å². The zero-order valence-corrected chi connectivity index (χ0v) is 17.1. The lowest BCUT2D eigenvalue weighted by Gasteiger charge is -2.10. The van der Waals surface area contributed by atoms with Gasteiger partial charge in [-0.3, -0.25) is 4.79 Å². The first-order valence-electron chi connectivity index (χ1n) is 9.70. The van der Waals surface area contributed by atoms with Crippen molar-refractivity contribution in [2.45, 2.75) is 19.8 Å². The fraction of sp³-hybridized carbons (Fsp3) is 0.174. The number of benzene rings is 2. The van der Waals surface area contributed by atoms with Gasteiger partial charge in [0, 0.05) is 17.3 Å². The highest BCUT2D eigenvalue weighted by Crippen LogP contribution is 2.30. The largest absolute Gasteiger partial charge is 0.494 e. The van der Waals surface area contributed by atoms with Gasteiger partial charge in [-0.15, -0.1) is 0 Å². The van der Waals surface area contributed by atoms with Gasteiger partial charge in [-0.2, -0.15) is 4.98 Å². The van der Waals surface area contributed by atoms with Crippen molar-refractivity contribution >= 4 is 34.4 Å². The molecule has 0 aliphatic heterocycles. The minimum atomic E-state index is -0.283. The molecule has 0 saturated heterocycles. The third kappa shape index (κ3) is 4.44. The molecule has 0 atom stereocenters. The number of nitrogens with zero attached hydrogens (tertiary/aromatic N) is 2. The number of halogens is 1. The molecular weight excluding hydrogens is 402 g/mol. The Kier molecular flexibility index (Phi) is 5.95. The van der Waals surface area contributed by atoms with Crippen LogP contribution in [-0.4, -0.2) is 22.5 Å². The smallest absolute Gasteiger partial charge is 0.255 e. The van der Waals surface area contributed by atoms with E-state index in [2.05, 4.69) is 22.2 Å². The Bertz CT molecular complexity index is 1160. The number of aromatic nitrogens is 2. The van der Waals surface area contributed by atoms with Crippen LogP contribution in [0.25, 0.3) is 22.7 Å². The van der Waals surface area contributed by atoms with E-state index in [9.17, 15) is 4.79 Å². The van der Waals surface area contributed by atoms with Crippen molar-refractivity contribution in [2.75, 3.05) is 11.9 Å². The minimum absolute atomic E-state index is 0.283. The number of ether oxygens (including phenoxy) is 1. The maximum Gasteiger partial charge on any atom is 0.255 e. The number of amides is 1. The molecule has 0 aliphatic rings. The van der Waals surface area contributed by atoms with E-state index in [1.165, 1.54) is 0 Å². The fourth-order valence-electron chi connectivity index (χ4n) is 2.90. The van der Waals surface area contributed by atoms with Crippen molar-refractivity contribution in [3.63, 3.8) is 0 Å². The molecule has 30 heavy (non-hydrogen) atoms. The van der Waals surface area contributed by atoms with Crippen LogP contribution >= 0.6 is 11.6 Å². The molecule has 0 aliphatic carbocycles. The molecule has 0 unspecified atom stereocenters. The van der Waals surface area contributed by atoms with Crippen LogP contribution in [0.15, 0.2) is 65.2 Å². The van der Waals surface area contributed by atoms with Crippen molar-refractivity contribution in [1.29, 1.82) is 0 Å². The topological polar surface area (TPSA) is 77.2 Å². The molecule has 0 radical (unpaired) electrons. The summed E-state index contributed by atoms with van der Waals surface area (Å²) < 4.78 is 11.4. The summed E-state index contributed by atoms with van der Waals surface area (Å²) in [5.41, 5.74) is 2.74. The summed E-state index contributed by atoms with van der Waals surface area (Å²) in [5.74, 6) is 0.784. The van der Waals surface area contributed by atoms with Crippen molar-refractivity contribution in [3.8, 4) is 17.2 Å². The number of carbonyl (C=O) groups is 1. The first-order chi connectivity index (χ1) is 14.6. The summed E-state index contributed by atoms with van der Waals surface area (Å²) in [6.07, 6.45) is 3.66. The normalized spacial score (nSPS) is 10.9. The minimum Gasteiger partial charge on any atom is -0.494 e. The summed E-state index contributed by atoms with van der Waals surface area (Å²) in [6, 6.07) is 15.9. The maximum absolute atomic E-state index is 12.8. The molecule has 2 aromatic heterocycles. The zero-order valence-electron chi connectivity index (χ0n) is 16.4.